The summed E-state index contributed by atoms with van der Waals surface area (Å²) >= 11 is 0. The summed E-state index contributed by atoms with van der Waals surface area (Å²) in [6.07, 6.45) is 5.34. The lowest BCUT2D eigenvalue weighted by Gasteiger charge is -2.09. The number of imidazole rings is 1. The molecule has 0 saturated carbocycles. The van der Waals surface area contributed by atoms with E-state index in [1.165, 1.54) is 0 Å². The summed E-state index contributed by atoms with van der Waals surface area (Å²) in [5, 5.41) is 11.7. The highest BCUT2D eigenvalue weighted by molar-refractivity contribution is 5.72. The largest absolute Gasteiger partial charge is 0.480 e. The SMILES string of the molecule is C[C@H](NCc1ccc(-n2ccnc2)cc1)C(=O)O. The number of carbonyl (C=O) groups is 1. The molecule has 0 aliphatic rings. The Morgan fingerprint density at radius 2 is 2.17 bits per heavy atom. The van der Waals surface area contributed by atoms with Crippen molar-refractivity contribution in [1.82, 2.24) is 14.9 Å². The third kappa shape index (κ3) is 2.95. The molecule has 2 N–H and O–H groups in total. The van der Waals surface area contributed by atoms with Crippen LogP contribution in [0.1, 0.15) is 12.5 Å². The van der Waals surface area contributed by atoms with Crippen molar-refractivity contribution in [2.45, 2.75) is 19.5 Å². The lowest BCUT2D eigenvalue weighted by atomic mass is 10.2. The van der Waals surface area contributed by atoms with Gasteiger partial charge < -0.3 is 15.0 Å². The average molecular weight is 245 g/mol. The standard InChI is InChI=1S/C13H15N3O2/c1-10(13(17)18)15-8-11-2-4-12(5-3-11)16-7-6-14-9-16/h2-7,9-10,15H,8H2,1H3,(H,17,18)/t10-/m0/s1. The van der Waals surface area contributed by atoms with Gasteiger partial charge in [0.25, 0.3) is 0 Å². The molecule has 0 unspecified atom stereocenters. The van der Waals surface area contributed by atoms with Crippen molar-refractivity contribution in [3.8, 4) is 5.69 Å². The fraction of sp³-hybridized carbons (Fsp3) is 0.231. The number of nitrogens with zero attached hydrogens (tertiary/aromatic N) is 2. The number of carboxylic acid groups (broad SMARTS) is 1. The first kappa shape index (κ1) is 12.3. The number of carboxylic acids is 1. The van der Waals surface area contributed by atoms with E-state index in [9.17, 15) is 4.79 Å². The number of aliphatic carboxylic acids is 1. The van der Waals surface area contributed by atoms with Gasteiger partial charge in [-0.1, -0.05) is 12.1 Å². The van der Waals surface area contributed by atoms with E-state index in [4.69, 9.17) is 5.11 Å². The van der Waals surface area contributed by atoms with Gasteiger partial charge in [0.05, 0.1) is 6.33 Å². The minimum Gasteiger partial charge on any atom is -0.480 e. The Labute approximate surface area is 105 Å². The van der Waals surface area contributed by atoms with Crippen molar-refractivity contribution < 1.29 is 9.90 Å². The highest BCUT2D eigenvalue weighted by Crippen LogP contribution is 2.09. The van der Waals surface area contributed by atoms with E-state index in [1.807, 2.05) is 35.0 Å². The van der Waals surface area contributed by atoms with E-state index in [1.54, 1.807) is 19.4 Å². The van der Waals surface area contributed by atoms with Crippen LogP contribution in [0, 0.1) is 0 Å². The first-order valence-corrected chi connectivity index (χ1v) is 5.70. The topological polar surface area (TPSA) is 67.2 Å². The molecule has 0 radical (unpaired) electrons. The van der Waals surface area contributed by atoms with Crippen LogP contribution < -0.4 is 5.32 Å². The molecule has 0 spiro atoms. The zero-order valence-corrected chi connectivity index (χ0v) is 10.1. The van der Waals surface area contributed by atoms with Crippen LogP contribution in [0.25, 0.3) is 5.69 Å². The Bertz CT molecular complexity index is 506. The molecule has 0 bridgehead atoms. The van der Waals surface area contributed by atoms with Crippen molar-refractivity contribution in [3.05, 3.63) is 48.5 Å². The quantitative estimate of drug-likeness (QED) is 0.836. The molecular formula is C13H15N3O2. The van der Waals surface area contributed by atoms with E-state index in [2.05, 4.69) is 10.3 Å². The van der Waals surface area contributed by atoms with Crippen molar-refractivity contribution in [1.29, 1.82) is 0 Å². The summed E-state index contributed by atoms with van der Waals surface area (Å²) in [4.78, 5) is 14.6. The molecule has 5 heteroatoms. The molecule has 18 heavy (non-hydrogen) atoms. The molecule has 94 valence electrons. The second kappa shape index (κ2) is 5.46. The van der Waals surface area contributed by atoms with E-state index in [-0.39, 0.29) is 0 Å². The van der Waals surface area contributed by atoms with Crippen LogP contribution in [-0.4, -0.2) is 26.7 Å². The van der Waals surface area contributed by atoms with Gasteiger partial charge in [-0.15, -0.1) is 0 Å². The summed E-state index contributed by atoms with van der Waals surface area (Å²) in [5.41, 5.74) is 2.08. The Kier molecular flexibility index (Phi) is 3.74. The lowest BCUT2D eigenvalue weighted by molar-refractivity contribution is -0.139. The van der Waals surface area contributed by atoms with E-state index in [0.717, 1.165) is 11.3 Å². The molecule has 5 nitrogen and oxygen atoms in total. The molecule has 0 aliphatic heterocycles. The summed E-state index contributed by atoms with van der Waals surface area (Å²) < 4.78 is 1.91. The fourth-order valence-corrected chi connectivity index (χ4v) is 1.56. The van der Waals surface area contributed by atoms with E-state index >= 15 is 0 Å². The van der Waals surface area contributed by atoms with Crippen LogP contribution in [-0.2, 0) is 11.3 Å². The Morgan fingerprint density at radius 3 is 2.72 bits per heavy atom. The van der Waals surface area contributed by atoms with Gasteiger partial charge in [-0.05, 0) is 24.6 Å². The number of nitrogens with one attached hydrogen (secondary N) is 1. The van der Waals surface area contributed by atoms with E-state index < -0.39 is 12.0 Å². The zero-order chi connectivity index (χ0) is 13.0. The van der Waals surface area contributed by atoms with Gasteiger partial charge in [-0.3, -0.25) is 4.79 Å². The molecule has 0 fully saturated rings. The fourth-order valence-electron chi connectivity index (χ4n) is 1.56. The first-order valence-electron chi connectivity index (χ1n) is 5.70. The monoisotopic (exact) mass is 245 g/mol. The summed E-state index contributed by atoms with van der Waals surface area (Å²) in [6, 6.07) is 7.35. The van der Waals surface area contributed by atoms with Gasteiger partial charge in [-0.2, -0.15) is 0 Å². The number of aromatic nitrogens is 2. The summed E-state index contributed by atoms with van der Waals surface area (Å²) in [7, 11) is 0. The predicted molar refractivity (Wildman–Crippen MR) is 67.5 cm³/mol. The number of rotatable bonds is 5. The molecule has 2 aromatic rings. The van der Waals surface area contributed by atoms with Crippen LogP contribution in [0.4, 0.5) is 0 Å². The summed E-state index contributed by atoms with van der Waals surface area (Å²) in [5.74, 6) is -0.843. The average Bonchev–Trinajstić information content (AvgIpc) is 2.90. The van der Waals surface area contributed by atoms with E-state index in [0.29, 0.717) is 6.54 Å². The number of benzene rings is 1. The molecule has 1 heterocycles. The first-order chi connectivity index (χ1) is 8.66. The minimum atomic E-state index is -0.843. The van der Waals surface area contributed by atoms with Gasteiger partial charge in [0.1, 0.15) is 6.04 Å². The van der Waals surface area contributed by atoms with Crippen LogP contribution >= 0.6 is 0 Å². The molecule has 1 aromatic heterocycles. The van der Waals surface area contributed by atoms with Gasteiger partial charge in [0.15, 0.2) is 0 Å². The normalized spacial score (nSPS) is 12.3. The molecule has 1 atom stereocenters. The molecular weight excluding hydrogens is 230 g/mol. The van der Waals surface area contributed by atoms with Crippen LogP contribution in [0.15, 0.2) is 43.0 Å². The van der Waals surface area contributed by atoms with Crippen molar-refractivity contribution >= 4 is 5.97 Å². The smallest absolute Gasteiger partial charge is 0.320 e. The Morgan fingerprint density at radius 1 is 1.44 bits per heavy atom. The molecule has 0 amide bonds. The van der Waals surface area contributed by atoms with Gasteiger partial charge in [0.2, 0.25) is 0 Å². The lowest BCUT2D eigenvalue weighted by Crippen LogP contribution is -2.33. The highest BCUT2D eigenvalue weighted by Gasteiger charge is 2.08. The van der Waals surface area contributed by atoms with Crippen LogP contribution in [0.2, 0.25) is 0 Å². The predicted octanol–water partition coefficient (Wildman–Crippen LogP) is 1.44. The van der Waals surface area contributed by atoms with Gasteiger partial charge >= 0.3 is 5.97 Å². The highest BCUT2D eigenvalue weighted by atomic mass is 16.4. The minimum absolute atomic E-state index is 0.539. The maximum Gasteiger partial charge on any atom is 0.320 e. The maximum absolute atomic E-state index is 10.7. The van der Waals surface area contributed by atoms with Crippen molar-refractivity contribution in [2.24, 2.45) is 0 Å². The van der Waals surface area contributed by atoms with Crippen LogP contribution in [0.5, 0.6) is 0 Å². The molecule has 2 rings (SSSR count). The number of hydrogen-bond donors (Lipinski definition) is 2. The second-order valence-electron chi connectivity index (χ2n) is 4.08. The Hall–Kier alpha value is -2.14. The second-order valence-corrected chi connectivity index (χ2v) is 4.08. The Balaban J connectivity index is 1.98. The third-order valence-electron chi connectivity index (χ3n) is 2.72. The molecule has 0 aliphatic carbocycles. The van der Waals surface area contributed by atoms with Gasteiger partial charge in [0, 0.05) is 24.6 Å². The molecule has 1 aromatic carbocycles. The van der Waals surface area contributed by atoms with Crippen molar-refractivity contribution in [2.75, 3.05) is 0 Å². The number of hydrogen-bond acceptors (Lipinski definition) is 3. The van der Waals surface area contributed by atoms with Gasteiger partial charge in [-0.25, -0.2) is 4.98 Å². The molecule has 0 saturated heterocycles. The van der Waals surface area contributed by atoms with Crippen molar-refractivity contribution in [3.63, 3.8) is 0 Å². The summed E-state index contributed by atoms with van der Waals surface area (Å²) in [6.45, 7) is 2.17. The zero-order valence-electron chi connectivity index (χ0n) is 10.1. The maximum atomic E-state index is 10.7. The third-order valence-corrected chi connectivity index (χ3v) is 2.72. The van der Waals surface area contributed by atoms with Crippen LogP contribution in [0.3, 0.4) is 0 Å².